The van der Waals surface area contributed by atoms with Gasteiger partial charge in [-0.05, 0) is 18.2 Å². The van der Waals surface area contributed by atoms with Gasteiger partial charge in [-0.2, -0.15) is 8.78 Å². The van der Waals surface area contributed by atoms with Gasteiger partial charge in [0.05, 0.1) is 18.9 Å². The molecular formula is C13H13F2NO4. The van der Waals surface area contributed by atoms with E-state index in [1.165, 1.54) is 12.1 Å². The lowest BCUT2D eigenvalue weighted by Gasteiger charge is -2.17. The lowest BCUT2D eigenvalue weighted by Crippen LogP contribution is -2.29. The highest BCUT2D eigenvalue weighted by Crippen LogP contribution is 2.36. The number of aromatic hydroxyl groups is 1. The lowest BCUT2D eigenvalue weighted by atomic mass is 9.93. The summed E-state index contributed by atoms with van der Waals surface area (Å²) in [4.78, 5) is 5.43. The quantitative estimate of drug-likeness (QED) is 0.925. The molecule has 2 heterocycles. The van der Waals surface area contributed by atoms with Crippen molar-refractivity contribution in [3.8, 4) is 11.5 Å². The third-order valence-corrected chi connectivity index (χ3v) is 3.41. The fourth-order valence-electron chi connectivity index (χ4n) is 2.37. The van der Waals surface area contributed by atoms with Crippen LogP contribution in [-0.4, -0.2) is 36.2 Å². The molecule has 1 spiro atoms. The van der Waals surface area contributed by atoms with Gasteiger partial charge in [0.1, 0.15) is 0 Å². The van der Waals surface area contributed by atoms with E-state index in [1.54, 1.807) is 6.07 Å². The maximum Gasteiger partial charge on any atom is 0.387 e. The van der Waals surface area contributed by atoms with Gasteiger partial charge >= 0.3 is 6.61 Å². The SMILES string of the molecule is Oc1cc(C2=NO[C@@]3(CCOC3)C2)ccc1OC(F)F. The molecule has 0 amide bonds. The number of phenols is 1. The normalized spacial score (nSPS) is 25.1. The number of rotatable bonds is 3. The van der Waals surface area contributed by atoms with Crippen LogP contribution >= 0.6 is 0 Å². The first-order valence-corrected chi connectivity index (χ1v) is 6.19. The number of hydrogen-bond donors (Lipinski definition) is 1. The Labute approximate surface area is 113 Å². The van der Waals surface area contributed by atoms with Crippen LogP contribution < -0.4 is 4.74 Å². The number of benzene rings is 1. The van der Waals surface area contributed by atoms with Crippen molar-refractivity contribution in [2.24, 2.45) is 5.16 Å². The Morgan fingerprint density at radius 1 is 1.40 bits per heavy atom. The van der Waals surface area contributed by atoms with Crippen molar-refractivity contribution in [3.63, 3.8) is 0 Å². The summed E-state index contributed by atoms with van der Waals surface area (Å²) in [5.74, 6) is -0.615. The summed E-state index contributed by atoms with van der Waals surface area (Å²) < 4.78 is 33.7. The van der Waals surface area contributed by atoms with Gasteiger partial charge in [0.2, 0.25) is 0 Å². The second-order valence-corrected chi connectivity index (χ2v) is 4.85. The van der Waals surface area contributed by atoms with E-state index in [0.717, 1.165) is 6.42 Å². The van der Waals surface area contributed by atoms with Crippen LogP contribution in [0.4, 0.5) is 8.78 Å². The average Bonchev–Trinajstić information content (AvgIpc) is 3.03. The van der Waals surface area contributed by atoms with Crippen LogP contribution in [0, 0.1) is 0 Å². The fraction of sp³-hybridized carbons (Fsp3) is 0.462. The van der Waals surface area contributed by atoms with Crippen LogP contribution in [0.1, 0.15) is 18.4 Å². The first kappa shape index (κ1) is 13.1. The van der Waals surface area contributed by atoms with Gasteiger partial charge in [-0.25, -0.2) is 0 Å². The summed E-state index contributed by atoms with van der Waals surface area (Å²) in [6.45, 7) is -1.86. The Balaban J connectivity index is 1.77. The maximum atomic E-state index is 12.1. The molecule has 0 aromatic heterocycles. The lowest BCUT2D eigenvalue weighted by molar-refractivity contribution is -0.0512. The van der Waals surface area contributed by atoms with E-state index in [4.69, 9.17) is 9.57 Å². The molecular weight excluding hydrogens is 272 g/mol. The molecule has 1 aromatic carbocycles. The van der Waals surface area contributed by atoms with Crippen molar-refractivity contribution < 1.29 is 28.2 Å². The number of halogens is 2. The van der Waals surface area contributed by atoms with Crippen molar-refractivity contribution in [1.82, 2.24) is 0 Å². The van der Waals surface area contributed by atoms with Gasteiger partial charge in [-0.1, -0.05) is 5.16 Å². The van der Waals surface area contributed by atoms with Crippen LogP contribution in [0.5, 0.6) is 11.5 Å². The number of ether oxygens (including phenoxy) is 2. The minimum Gasteiger partial charge on any atom is -0.504 e. The highest BCUT2D eigenvalue weighted by atomic mass is 19.3. The van der Waals surface area contributed by atoms with Gasteiger partial charge in [0, 0.05) is 18.4 Å². The molecule has 3 rings (SSSR count). The van der Waals surface area contributed by atoms with Gasteiger partial charge in [-0.3, -0.25) is 0 Å². The molecule has 2 aliphatic rings. The van der Waals surface area contributed by atoms with Crippen molar-refractivity contribution in [2.45, 2.75) is 25.1 Å². The van der Waals surface area contributed by atoms with E-state index in [0.29, 0.717) is 30.9 Å². The van der Waals surface area contributed by atoms with E-state index in [2.05, 4.69) is 9.89 Å². The molecule has 1 fully saturated rings. The van der Waals surface area contributed by atoms with Crippen LogP contribution in [-0.2, 0) is 9.57 Å². The molecule has 1 aromatic rings. The summed E-state index contributed by atoms with van der Waals surface area (Å²) in [5, 5.41) is 13.7. The summed E-state index contributed by atoms with van der Waals surface area (Å²) >= 11 is 0. The van der Waals surface area contributed by atoms with Crippen LogP contribution in [0.2, 0.25) is 0 Å². The average molecular weight is 285 g/mol. The van der Waals surface area contributed by atoms with Gasteiger partial charge in [0.15, 0.2) is 17.1 Å². The van der Waals surface area contributed by atoms with Crippen LogP contribution in [0.25, 0.3) is 0 Å². The minimum atomic E-state index is -2.97. The predicted octanol–water partition coefficient (Wildman–Crippen LogP) is 2.28. The van der Waals surface area contributed by atoms with Gasteiger partial charge < -0.3 is 19.4 Å². The molecule has 2 aliphatic heterocycles. The zero-order chi connectivity index (χ0) is 14.2. The third-order valence-electron chi connectivity index (χ3n) is 3.41. The maximum absolute atomic E-state index is 12.1. The molecule has 5 nitrogen and oxygen atoms in total. The van der Waals surface area contributed by atoms with E-state index in [1.807, 2.05) is 0 Å². The second-order valence-electron chi connectivity index (χ2n) is 4.85. The molecule has 0 bridgehead atoms. The molecule has 20 heavy (non-hydrogen) atoms. The molecule has 108 valence electrons. The zero-order valence-corrected chi connectivity index (χ0v) is 10.5. The number of nitrogens with zero attached hydrogens (tertiary/aromatic N) is 1. The van der Waals surface area contributed by atoms with Gasteiger partial charge in [0.25, 0.3) is 0 Å². The highest BCUT2D eigenvalue weighted by molar-refractivity contribution is 6.02. The molecule has 0 saturated carbocycles. The molecule has 1 saturated heterocycles. The Hall–Kier alpha value is -1.89. The Morgan fingerprint density at radius 2 is 2.25 bits per heavy atom. The first-order valence-electron chi connectivity index (χ1n) is 6.19. The standard InChI is InChI=1S/C13H13F2NO4/c14-12(15)19-11-2-1-8(5-10(11)17)9-6-13(20-16-9)3-4-18-7-13/h1-2,5,12,17H,3-4,6-7H2/t13-/m0/s1. The largest absolute Gasteiger partial charge is 0.504 e. The fourth-order valence-corrected chi connectivity index (χ4v) is 2.37. The number of hydrogen-bond acceptors (Lipinski definition) is 5. The Kier molecular flexibility index (Phi) is 3.21. The van der Waals surface area contributed by atoms with Crippen LogP contribution in [0.3, 0.4) is 0 Å². The smallest absolute Gasteiger partial charge is 0.387 e. The summed E-state index contributed by atoms with van der Waals surface area (Å²) in [5.41, 5.74) is 0.866. The van der Waals surface area contributed by atoms with Crippen molar-refractivity contribution in [3.05, 3.63) is 23.8 Å². The molecule has 0 unspecified atom stereocenters. The molecule has 1 atom stereocenters. The van der Waals surface area contributed by atoms with E-state index < -0.39 is 12.2 Å². The summed E-state index contributed by atoms with van der Waals surface area (Å²) in [6.07, 6.45) is 1.33. The molecule has 7 heteroatoms. The zero-order valence-electron chi connectivity index (χ0n) is 10.5. The monoisotopic (exact) mass is 285 g/mol. The van der Waals surface area contributed by atoms with E-state index in [9.17, 15) is 13.9 Å². The van der Waals surface area contributed by atoms with Crippen molar-refractivity contribution >= 4 is 5.71 Å². The first-order chi connectivity index (χ1) is 9.58. The molecule has 0 aliphatic carbocycles. The van der Waals surface area contributed by atoms with Crippen molar-refractivity contribution in [2.75, 3.05) is 13.2 Å². The topological polar surface area (TPSA) is 60.3 Å². The Bertz CT molecular complexity index is 541. The third kappa shape index (κ3) is 2.40. The number of oxime groups is 1. The minimum absolute atomic E-state index is 0.262. The highest BCUT2D eigenvalue weighted by Gasteiger charge is 2.43. The number of phenolic OH excluding ortho intramolecular Hbond substituents is 1. The molecule has 1 N–H and O–H groups in total. The second kappa shape index (κ2) is 4.90. The van der Waals surface area contributed by atoms with E-state index >= 15 is 0 Å². The molecule has 0 radical (unpaired) electrons. The Morgan fingerprint density at radius 3 is 2.90 bits per heavy atom. The summed E-state index contributed by atoms with van der Waals surface area (Å²) in [7, 11) is 0. The van der Waals surface area contributed by atoms with Gasteiger partial charge in [-0.15, -0.1) is 0 Å². The van der Waals surface area contributed by atoms with Crippen LogP contribution in [0.15, 0.2) is 23.4 Å². The predicted molar refractivity (Wildman–Crippen MR) is 65.1 cm³/mol. The van der Waals surface area contributed by atoms with E-state index in [-0.39, 0.29) is 11.5 Å². The number of alkyl halides is 2. The van der Waals surface area contributed by atoms with Crippen molar-refractivity contribution in [1.29, 1.82) is 0 Å². The summed E-state index contributed by atoms with van der Waals surface area (Å²) in [6, 6.07) is 4.19.